The number of rotatable bonds is 6. The summed E-state index contributed by atoms with van der Waals surface area (Å²) in [6.45, 7) is 2.47. The molecule has 0 amide bonds. The summed E-state index contributed by atoms with van der Waals surface area (Å²) < 4.78 is 24.8. The van der Waals surface area contributed by atoms with E-state index in [0.29, 0.717) is 29.2 Å². The second-order valence-corrected chi connectivity index (χ2v) is 6.36. The van der Waals surface area contributed by atoms with Crippen molar-refractivity contribution in [2.45, 2.75) is 13.5 Å². The molecule has 0 aliphatic rings. The normalized spacial score (nSPS) is 11.0. The minimum atomic E-state index is -0.379. The Morgan fingerprint density at radius 2 is 1.82 bits per heavy atom. The fraction of sp³-hybridized carbons (Fsp3) is 0.125. The van der Waals surface area contributed by atoms with E-state index in [1.807, 2.05) is 37.3 Å². The molecule has 3 aromatic carbocycles. The highest BCUT2D eigenvalue weighted by Crippen LogP contribution is 2.30. The highest BCUT2D eigenvalue weighted by molar-refractivity contribution is 5.89. The van der Waals surface area contributed by atoms with E-state index in [-0.39, 0.29) is 5.82 Å². The van der Waals surface area contributed by atoms with Crippen molar-refractivity contribution in [3.63, 3.8) is 0 Å². The topological polar surface area (TPSA) is 42.2 Å². The predicted octanol–water partition coefficient (Wildman–Crippen LogP) is 5.79. The van der Waals surface area contributed by atoms with Gasteiger partial charge in [-0.15, -0.1) is 0 Å². The molecule has 0 atom stereocenters. The molecular weight excluding hydrogens is 353 g/mol. The van der Waals surface area contributed by atoms with Gasteiger partial charge in [0.05, 0.1) is 18.8 Å². The van der Waals surface area contributed by atoms with Crippen molar-refractivity contribution in [2.75, 3.05) is 7.11 Å². The van der Waals surface area contributed by atoms with E-state index in [2.05, 4.69) is 6.07 Å². The lowest BCUT2D eigenvalue weighted by molar-refractivity contribution is 0.284. The highest BCUT2D eigenvalue weighted by atomic mass is 19.1. The number of hydrogen-bond donors (Lipinski definition) is 0. The van der Waals surface area contributed by atoms with Crippen LogP contribution < -0.4 is 9.47 Å². The largest absolute Gasteiger partial charge is 0.493 e. The standard InChI is InChI=1S/C24H20FNO2/c1-17-6-8-18(9-7-17)16-28-23-11-10-19(13-24(23)27-2)12-21(15-26)20-4-3-5-22(25)14-20/h3-14H,16H2,1-2H3/b21-12-. The molecule has 0 aliphatic carbocycles. The summed E-state index contributed by atoms with van der Waals surface area (Å²) in [6, 6.07) is 21.7. The third-order valence-electron chi connectivity index (χ3n) is 4.27. The maximum atomic E-state index is 13.4. The predicted molar refractivity (Wildman–Crippen MR) is 108 cm³/mol. The van der Waals surface area contributed by atoms with Crippen LogP contribution in [0.4, 0.5) is 4.39 Å². The summed E-state index contributed by atoms with van der Waals surface area (Å²) in [7, 11) is 1.57. The van der Waals surface area contributed by atoms with Gasteiger partial charge in [0.15, 0.2) is 11.5 Å². The highest BCUT2D eigenvalue weighted by Gasteiger charge is 2.08. The second-order valence-electron chi connectivity index (χ2n) is 6.36. The van der Waals surface area contributed by atoms with Crippen molar-refractivity contribution < 1.29 is 13.9 Å². The summed E-state index contributed by atoms with van der Waals surface area (Å²) in [4.78, 5) is 0. The number of nitrogens with zero attached hydrogens (tertiary/aromatic N) is 1. The third-order valence-corrected chi connectivity index (χ3v) is 4.27. The van der Waals surface area contributed by atoms with E-state index in [0.717, 1.165) is 11.1 Å². The summed E-state index contributed by atoms with van der Waals surface area (Å²) in [5.41, 5.74) is 3.93. The van der Waals surface area contributed by atoms with Gasteiger partial charge in [-0.05, 0) is 54.0 Å². The van der Waals surface area contributed by atoms with Crippen LogP contribution in [-0.2, 0) is 6.61 Å². The van der Waals surface area contributed by atoms with Gasteiger partial charge in [0.1, 0.15) is 12.4 Å². The van der Waals surface area contributed by atoms with Crippen LogP contribution in [0.5, 0.6) is 11.5 Å². The minimum Gasteiger partial charge on any atom is -0.493 e. The van der Waals surface area contributed by atoms with E-state index < -0.39 is 0 Å². The zero-order valence-corrected chi connectivity index (χ0v) is 15.8. The van der Waals surface area contributed by atoms with E-state index in [1.165, 1.54) is 17.7 Å². The molecule has 0 radical (unpaired) electrons. The van der Waals surface area contributed by atoms with Crippen molar-refractivity contribution in [3.8, 4) is 17.6 Å². The molecule has 3 nitrogen and oxygen atoms in total. The SMILES string of the molecule is COc1cc(/C=C(/C#N)c2cccc(F)c2)ccc1OCc1ccc(C)cc1. The molecule has 0 aliphatic heterocycles. The van der Waals surface area contributed by atoms with Gasteiger partial charge in [0, 0.05) is 0 Å². The Morgan fingerprint density at radius 3 is 2.50 bits per heavy atom. The Morgan fingerprint density at radius 1 is 1.04 bits per heavy atom. The number of halogens is 1. The molecule has 28 heavy (non-hydrogen) atoms. The molecular formula is C24H20FNO2. The molecule has 0 unspecified atom stereocenters. The van der Waals surface area contributed by atoms with Gasteiger partial charge in [-0.25, -0.2) is 4.39 Å². The monoisotopic (exact) mass is 373 g/mol. The maximum absolute atomic E-state index is 13.4. The number of hydrogen-bond acceptors (Lipinski definition) is 3. The first-order valence-corrected chi connectivity index (χ1v) is 8.83. The molecule has 0 bridgehead atoms. The van der Waals surface area contributed by atoms with Crippen LogP contribution in [0, 0.1) is 24.1 Å². The van der Waals surface area contributed by atoms with Crippen LogP contribution in [0.3, 0.4) is 0 Å². The summed E-state index contributed by atoms with van der Waals surface area (Å²) in [6.07, 6.45) is 1.70. The van der Waals surface area contributed by atoms with Gasteiger partial charge < -0.3 is 9.47 Å². The molecule has 0 aromatic heterocycles. The lowest BCUT2D eigenvalue weighted by Crippen LogP contribution is -1.98. The summed E-state index contributed by atoms with van der Waals surface area (Å²) in [5, 5.41) is 9.45. The smallest absolute Gasteiger partial charge is 0.161 e. The van der Waals surface area contributed by atoms with Crippen LogP contribution >= 0.6 is 0 Å². The van der Waals surface area contributed by atoms with Gasteiger partial charge in [0.2, 0.25) is 0 Å². The van der Waals surface area contributed by atoms with E-state index >= 15 is 0 Å². The van der Waals surface area contributed by atoms with E-state index in [1.54, 1.807) is 37.5 Å². The number of aryl methyl sites for hydroxylation is 1. The van der Waals surface area contributed by atoms with Crippen molar-refractivity contribution in [1.29, 1.82) is 5.26 Å². The van der Waals surface area contributed by atoms with Crippen molar-refractivity contribution in [3.05, 3.63) is 94.8 Å². The molecule has 0 spiro atoms. The molecule has 3 aromatic rings. The fourth-order valence-electron chi connectivity index (χ4n) is 2.74. The minimum absolute atomic E-state index is 0.370. The Balaban J connectivity index is 1.82. The molecule has 0 fully saturated rings. The second kappa shape index (κ2) is 8.88. The van der Waals surface area contributed by atoms with Crippen molar-refractivity contribution >= 4 is 11.6 Å². The van der Waals surface area contributed by atoms with E-state index in [4.69, 9.17) is 9.47 Å². The first kappa shape index (κ1) is 19.2. The lowest BCUT2D eigenvalue weighted by Gasteiger charge is -2.12. The molecule has 0 saturated carbocycles. The number of benzene rings is 3. The van der Waals surface area contributed by atoms with Crippen LogP contribution in [0.1, 0.15) is 22.3 Å². The first-order valence-electron chi connectivity index (χ1n) is 8.83. The third kappa shape index (κ3) is 4.77. The summed E-state index contributed by atoms with van der Waals surface area (Å²) >= 11 is 0. The van der Waals surface area contributed by atoms with Gasteiger partial charge >= 0.3 is 0 Å². The Hall–Kier alpha value is -3.58. The molecule has 4 heteroatoms. The van der Waals surface area contributed by atoms with Crippen LogP contribution in [-0.4, -0.2) is 7.11 Å². The molecule has 0 N–H and O–H groups in total. The average molecular weight is 373 g/mol. The Labute approximate surface area is 164 Å². The zero-order chi connectivity index (χ0) is 19.9. The molecule has 3 rings (SSSR count). The van der Waals surface area contributed by atoms with Crippen molar-refractivity contribution in [2.24, 2.45) is 0 Å². The number of methoxy groups -OCH3 is 1. The number of ether oxygens (including phenoxy) is 2. The van der Waals surface area contributed by atoms with Crippen molar-refractivity contribution in [1.82, 2.24) is 0 Å². The van der Waals surface area contributed by atoms with Crippen LogP contribution in [0.25, 0.3) is 11.6 Å². The zero-order valence-electron chi connectivity index (χ0n) is 15.8. The quantitative estimate of drug-likeness (QED) is 0.406. The molecule has 0 heterocycles. The van der Waals surface area contributed by atoms with Gasteiger partial charge in [0.25, 0.3) is 0 Å². The van der Waals surface area contributed by atoms with Gasteiger partial charge in [-0.2, -0.15) is 5.26 Å². The number of allylic oxidation sites excluding steroid dienone is 1. The van der Waals surface area contributed by atoms with Crippen LogP contribution in [0.15, 0.2) is 66.7 Å². The first-order chi connectivity index (χ1) is 13.6. The summed E-state index contributed by atoms with van der Waals surface area (Å²) in [5.74, 6) is 0.804. The Bertz CT molecular complexity index is 1030. The Kier molecular flexibility index (Phi) is 6.08. The van der Waals surface area contributed by atoms with Gasteiger partial charge in [-0.3, -0.25) is 0 Å². The maximum Gasteiger partial charge on any atom is 0.161 e. The molecule has 0 saturated heterocycles. The average Bonchev–Trinajstić information content (AvgIpc) is 2.72. The molecule has 140 valence electrons. The van der Waals surface area contributed by atoms with Gasteiger partial charge in [-0.1, -0.05) is 48.0 Å². The number of nitriles is 1. The van der Waals surface area contributed by atoms with Crippen LogP contribution in [0.2, 0.25) is 0 Å². The lowest BCUT2D eigenvalue weighted by atomic mass is 10.0. The fourth-order valence-corrected chi connectivity index (χ4v) is 2.74. The van der Waals surface area contributed by atoms with E-state index in [9.17, 15) is 9.65 Å².